The maximum absolute atomic E-state index is 15.4. The van der Waals surface area contributed by atoms with Crippen molar-refractivity contribution in [1.82, 2.24) is 10.2 Å². The molecule has 9 heteroatoms. The lowest BCUT2D eigenvalue weighted by Gasteiger charge is -2.30. The van der Waals surface area contributed by atoms with Crippen LogP contribution in [0.2, 0.25) is 18.6 Å². The molecule has 0 saturated carbocycles. The van der Waals surface area contributed by atoms with E-state index in [1.165, 1.54) is 0 Å². The summed E-state index contributed by atoms with van der Waals surface area (Å²) in [7, 11) is -3.05. The Morgan fingerprint density at radius 1 is 1.23 bits per heavy atom. The minimum absolute atomic E-state index is 0.0231. The van der Waals surface area contributed by atoms with E-state index >= 15 is 4.11 Å². The quantitative estimate of drug-likeness (QED) is 0.419. The maximum Gasteiger partial charge on any atom is 0.246 e. The van der Waals surface area contributed by atoms with Crippen LogP contribution in [0.4, 0.5) is 9.80 Å². The molecular formula is C26H40FN3O4Si. The molecule has 3 aliphatic heterocycles. The number of aryl methyl sites for hydroxylation is 1. The van der Waals surface area contributed by atoms with Crippen molar-refractivity contribution < 1.29 is 23.5 Å². The number of piperazine rings is 1. The standard InChI is InChI=1S/C26H40FN3O4Si/c1-18-22(11-8-19-6-9-20(10-7-19)30-14-12-28-16-25(30)33)34-23(26(18)35(2,3)27)15-24(32)29-13-4-5-21(29)17-31/h6-7,9-10,18,21-23,26,28,31H,4-5,8,11-17H2,1-3H3/t18-,21+,22+,23-,26+/m1/s1. The lowest BCUT2D eigenvalue weighted by Crippen LogP contribution is -2.48. The van der Waals surface area contributed by atoms with Gasteiger partial charge in [-0.3, -0.25) is 9.59 Å². The van der Waals surface area contributed by atoms with E-state index in [0.29, 0.717) is 19.6 Å². The summed E-state index contributed by atoms with van der Waals surface area (Å²) >= 11 is 0. The molecule has 7 nitrogen and oxygen atoms in total. The van der Waals surface area contributed by atoms with Crippen LogP contribution in [0.15, 0.2) is 24.3 Å². The second kappa shape index (κ2) is 11.1. The Balaban J connectivity index is 1.38. The van der Waals surface area contributed by atoms with Crippen LogP contribution in [-0.2, 0) is 20.7 Å². The van der Waals surface area contributed by atoms with E-state index in [4.69, 9.17) is 4.74 Å². The molecule has 0 aromatic heterocycles. The molecule has 5 atom stereocenters. The normalized spacial score (nSPS) is 29.7. The zero-order valence-corrected chi connectivity index (χ0v) is 22.2. The monoisotopic (exact) mass is 505 g/mol. The highest BCUT2D eigenvalue weighted by Gasteiger charge is 2.52. The average Bonchev–Trinajstić information content (AvgIpc) is 3.42. The summed E-state index contributed by atoms with van der Waals surface area (Å²) in [6.45, 7) is 7.99. The fraction of sp³-hybridized carbons (Fsp3) is 0.692. The van der Waals surface area contributed by atoms with Crippen LogP contribution in [0.3, 0.4) is 0 Å². The summed E-state index contributed by atoms with van der Waals surface area (Å²) in [5.41, 5.74) is 1.84. The van der Waals surface area contributed by atoms with Gasteiger partial charge in [0.15, 0.2) is 0 Å². The number of halogens is 1. The van der Waals surface area contributed by atoms with Crippen molar-refractivity contribution in [2.75, 3.05) is 37.7 Å². The molecule has 0 bridgehead atoms. The Labute approximate surface area is 209 Å². The maximum atomic E-state index is 15.4. The van der Waals surface area contributed by atoms with Crippen LogP contribution in [0.5, 0.6) is 0 Å². The van der Waals surface area contributed by atoms with Gasteiger partial charge in [0.1, 0.15) is 0 Å². The van der Waals surface area contributed by atoms with E-state index in [0.717, 1.165) is 43.5 Å². The Hall–Kier alpha value is -1.81. The molecule has 4 rings (SSSR count). The van der Waals surface area contributed by atoms with E-state index in [2.05, 4.69) is 24.4 Å². The second-order valence-electron chi connectivity index (χ2n) is 10.9. The SMILES string of the molecule is C[C@H]1[C@H]([Si](C)(C)F)[C@@H](CC(=O)N2CCC[C@H]2CO)O[C@H]1CCc1ccc(N2CCNCC2=O)cc1. The van der Waals surface area contributed by atoms with Crippen LogP contribution in [0, 0.1) is 5.92 Å². The largest absolute Gasteiger partial charge is 0.394 e. The first kappa shape index (κ1) is 26.3. The molecule has 35 heavy (non-hydrogen) atoms. The highest BCUT2D eigenvalue weighted by molar-refractivity contribution is 6.72. The molecule has 1 aromatic rings. The number of likely N-dealkylation sites (tertiary alicyclic amines) is 1. The fourth-order valence-electron chi connectivity index (χ4n) is 6.25. The summed E-state index contributed by atoms with van der Waals surface area (Å²) < 4.78 is 21.8. The number of nitrogens with zero attached hydrogens (tertiary/aromatic N) is 2. The molecule has 0 unspecified atom stereocenters. The molecule has 3 fully saturated rings. The summed E-state index contributed by atoms with van der Waals surface area (Å²) in [5.74, 6) is 0.103. The van der Waals surface area contributed by atoms with E-state index in [1.54, 1.807) is 18.0 Å². The number of benzene rings is 1. The smallest absolute Gasteiger partial charge is 0.246 e. The van der Waals surface area contributed by atoms with Gasteiger partial charge in [-0.1, -0.05) is 19.1 Å². The number of rotatable bonds is 8. The number of anilines is 1. The Kier molecular flexibility index (Phi) is 8.30. The highest BCUT2D eigenvalue weighted by Crippen LogP contribution is 2.47. The second-order valence-corrected chi connectivity index (χ2v) is 14.7. The number of aliphatic hydroxyl groups excluding tert-OH is 1. The molecule has 0 spiro atoms. The molecule has 194 valence electrons. The fourth-order valence-corrected chi connectivity index (χ4v) is 8.80. The van der Waals surface area contributed by atoms with Crippen molar-refractivity contribution in [2.45, 2.75) is 75.9 Å². The van der Waals surface area contributed by atoms with Crippen LogP contribution in [0.1, 0.15) is 38.2 Å². The van der Waals surface area contributed by atoms with Crippen molar-refractivity contribution in [3.05, 3.63) is 29.8 Å². The molecule has 3 aliphatic rings. The van der Waals surface area contributed by atoms with Gasteiger partial charge in [-0.15, -0.1) is 0 Å². The van der Waals surface area contributed by atoms with Crippen LogP contribution in [0.25, 0.3) is 0 Å². The molecule has 2 N–H and O–H groups in total. The average molecular weight is 506 g/mol. The first-order valence-electron chi connectivity index (χ1n) is 13.0. The minimum atomic E-state index is -3.05. The number of amides is 2. The number of nitrogens with one attached hydrogen (secondary N) is 1. The van der Waals surface area contributed by atoms with Gasteiger partial charge in [0.2, 0.25) is 20.2 Å². The van der Waals surface area contributed by atoms with E-state index < -0.39 is 14.5 Å². The number of carbonyl (C=O) groups excluding carboxylic acids is 2. The van der Waals surface area contributed by atoms with Crippen molar-refractivity contribution in [2.24, 2.45) is 5.92 Å². The van der Waals surface area contributed by atoms with Gasteiger partial charge in [-0.05, 0) is 62.4 Å². The van der Waals surface area contributed by atoms with Crippen molar-refractivity contribution in [3.63, 3.8) is 0 Å². The summed E-state index contributed by atoms with van der Waals surface area (Å²) in [5, 5.41) is 12.7. The first-order chi connectivity index (χ1) is 16.7. The van der Waals surface area contributed by atoms with Gasteiger partial charge in [-0.2, -0.15) is 0 Å². The lowest BCUT2D eigenvalue weighted by molar-refractivity contribution is -0.135. The van der Waals surface area contributed by atoms with Crippen LogP contribution in [-0.4, -0.2) is 81.3 Å². The zero-order chi connectivity index (χ0) is 25.2. The Morgan fingerprint density at radius 2 is 1.97 bits per heavy atom. The Morgan fingerprint density at radius 3 is 2.63 bits per heavy atom. The third kappa shape index (κ3) is 5.95. The molecular weight excluding hydrogens is 465 g/mol. The van der Waals surface area contributed by atoms with Crippen molar-refractivity contribution in [3.8, 4) is 0 Å². The van der Waals surface area contributed by atoms with Gasteiger partial charge in [-0.25, -0.2) is 0 Å². The minimum Gasteiger partial charge on any atom is -0.394 e. The van der Waals surface area contributed by atoms with Gasteiger partial charge in [0, 0.05) is 30.9 Å². The van der Waals surface area contributed by atoms with Gasteiger partial charge < -0.3 is 29.1 Å². The first-order valence-corrected chi connectivity index (χ1v) is 16.0. The predicted octanol–water partition coefficient (Wildman–Crippen LogP) is 2.88. The zero-order valence-electron chi connectivity index (χ0n) is 21.2. The molecule has 3 saturated heterocycles. The summed E-state index contributed by atoms with van der Waals surface area (Å²) in [6, 6.07) is 7.98. The highest BCUT2D eigenvalue weighted by atomic mass is 28.4. The van der Waals surface area contributed by atoms with Crippen molar-refractivity contribution in [1.29, 1.82) is 0 Å². The Bertz CT molecular complexity index is 894. The van der Waals surface area contributed by atoms with Crippen LogP contribution < -0.4 is 10.2 Å². The lowest BCUT2D eigenvalue weighted by atomic mass is 9.95. The van der Waals surface area contributed by atoms with E-state index in [9.17, 15) is 14.7 Å². The molecule has 0 aliphatic carbocycles. The topological polar surface area (TPSA) is 82.1 Å². The van der Waals surface area contributed by atoms with E-state index in [-0.39, 0.29) is 48.4 Å². The predicted molar refractivity (Wildman–Crippen MR) is 137 cm³/mol. The molecule has 0 radical (unpaired) electrons. The van der Waals surface area contributed by atoms with Gasteiger partial charge in [0.05, 0.1) is 37.8 Å². The van der Waals surface area contributed by atoms with Gasteiger partial charge in [0.25, 0.3) is 0 Å². The molecule has 1 aromatic carbocycles. The van der Waals surface area contributed by atoms with Crippen molar-refractivity contribution >= 4 is 25.9 Å². The number of hydrogen-bond donors (Lipinski definition) is 2. The van der Waals surface area contributed by atoms with E-state index in [1.807, 2.05) is 17.0 Å². The third-order valence-electron chi connectivity index (χ3n) is 8.03. The number of ether oxygens (including phenoxy) is 1. The number of aliphatic hydroxyl groups is 1. The van der Waals surface area contributed by atoms with Crippen LogP contribution >= 0.6 is 0 Å². The molecule has 2 amide bonds. The molecule has 3 heterocycles. The number of carbonyl (C=O) groups is 2. The number of hydrogen-bond acceptors (Lipinski definition) is 5. The third-order valence-corrected chi connectivity index (χ3v) is 10.5. The summed E-state index contributed by atoms with van der Waals surface area (Å²) in [6.07, 6.45) is 2.97. The summed E-state index contributed by atoms with van der Waals surface area (Å²) in [4.78, 5) is 28.7. The van der Waals surface area contributed by atoms with Gasteiger partial charge >= 0.3 is 0 Å².